The number of aliphatic imine (C=N–C) groups is 1. The van der Waals surface area contributed by atoms with Crippen LogP contribution in [-0.4, -0.2) is 22.8 Å². The van der Waals surface area contributed by atoms with Crippen LogP contribution in [0.2, 0.25) is 0 Å². The van der Waals surface area contributed by atoms with Crippen molar-refractivity contribution in [3.8, 4) is 5.69 Å². The summed E-state index contributed by atoms with van der Waals surface area (Å²) in [6.45, 7) is 3.57. The molecule has 0 atom stereocenters. The second kappa shape index (κ2) is 9.57. The monoisotopic (exact) mass is 467 g/mol. The normalized spacial score (nSPS) is 11.0. The van der Waals surface area contributed by atoms with E-state index in [0.717, 1.165) is 23.8 Å². The van der Waals surface area contributed by atoms with Crippen molar-refractivity contribution in [2.45, 2.75) is 20.0 Å². The van der Waals surface area contributed by atoms with E-state index in [1.165, 1.54) is 9.75 Å². The van der Waals surface area contributed by atoms with Crippen LogP contribution in [0.15, 0.2) is 59.9 Å². The van der Waals surface area contributed by atoms with E-state index in [1.54, 1.807) is 18.4 Å². The van der Waals surface area contributed by atoms with E-state index in [1.807, 2.05) is 47.4 Å². The second-order valence-electron chi connectivity index (χ2n) is 5.42. The predicted octanol–water partition coefficient (Wildman–Crippen LogP) is 3.73. The highest BCUT2D eigenvalue weighted by molar-refractivity contribution is 14.0. The molecule has 2 aromatic heterocycles. The van der Waals surface area contributed by atoms with Crippen LogP contribution in [0.3, 0.4) is 0 Å². The van der Waals surface area contributed by atoms with E-state index >= 15 is 0 Å². The van der Waals surface area contributed by atoms with Crippen molar-refractivity contribution in [1.29, 1.82) is 0 Å². The summed E-state index contributed by atoms with van der Waals surface area (Å²) < 4.78 is 1.88. The number of rotatable bonds is 5. The topological polar surface area (TPSA) is 54.2 Å². The standard InChI is InChI=1S/C18H21N5S.HI/c1-14-8-9-17(24-14)12-21-18(19-2)20-10-15-11-22-23(13-15)16-6-4-3-5-7-16;/h3-9,11,13H,10,12H2,1-2H3,(H2,19,20,21);1H. The van der Waals surface area contributed by atoms with Gasteiger partial charge in [-0.25, -0.2) is 4.68 Å². The first-order valence-corrected chi connectivity index (χ1v) is 8.65. The van der Waals surface area contributed by atoms with Gasteiger partial charge in [-0.15, -0.1) is 35.3 Å². The van der Waals surface area contributed by atoms with E-state index in [-0.39, 0.29) is 24.0 Å². The molecule has 132 valence electrons. The molecule has 0 saturated heterocycles. The zero-order chi connectivity index (χ0) is 16.8. The molecule has 2 N–H and O–H groups in total. The first-order valence-electron chi connectivity index (χ1n) is 7.83. The van der Waals surface area contributed by atoms with Crippen molar-refractivity contribution >= 4 is 41.3 Å². The van der Waals surface area contributed by atoms with Crippen LogP contribution in [0.5, 0.6) is 0 Å². The summed E-state index contributed by atoms with van der Waals surface area (Å²) >= 11 is 1.80. The molecule has 0 aliphatic rings. The summed E-state index contributed by atoms with van der Waals surface area (Å²) in [4.78, 5) is 6.88. The molecular formula is C18H22IN5S. The van der Waals surface area contributed by atoms with Gasteiger partial charge in [-0.05, 0) is 31.2 Å². The van der Waals surface area contributed by atoms with Crippen LogP contribution in [0, 0.1) is 6.92 Å². The first-order chi connectivity index (χ1) is 11.7. The van der Waals surface area contributed by atoms with Crippen molar-refractivity contribution in [3.05, 3.63) is 70.2 Å². The number of benzene rings is 1. The van der Waals surface area contributed by atoms with Gasteiger partial charge in [0.25, 0.3) is 0 Å². The first kappa shape index (κ1) is 19.5. The van der Waals surface area contributed by atoms with Crippen LogP contribution in [0.4, 0.5) is 0 Å². The third kappa shape index (κ3) is 5.57. The van der Waals surface area contributed by atoms with Gasteiger partial charge in [0.2, 0.25) is 0 Å². The van der Waals surface area contributed by atoms with E-state index < -0.39 is 0 Å². The molecule has 0 spiro atoms. The van der Waals surface area contributed by atoms with Crippen LogP contribution < -0.4 is 10.6 Å². The molecule has 0 radical (unpaired) electrons. The Kier molecular flexibility index (Phi) is 7.45. The number of hydrogen-bond acceptors (Lipinski definition) is 3. The molecule has 0 unspecified atom stereocenters. The summed E-state index contributed by atoms with van der Waals surface area (Å²) in [5.41, 5.74) is 2.16. The van der Waals surface area contributed by atoms with Gasteiger partial charge in [-0.2, -0.15) is 5.10 Å². The van der Waals surface area contributed by atoms with Crippen molar-refractivity contribution < 1.29 is 0 Å². The zero-order valence-corrected chi connectivity index (χ0v) is 17.4. The molecule has 3 aromatic rings. The van der Waals surface area contributed by atoms with E-state index in [9.17, 15) is 0 Å². The van der Waals surface area contributed by atoms with Gasteiger partial charge in [-0.3, -0.25) is 4.99 Å². The molecule has 0 fully saturated rings. The van der Waals surface area contributed by atoms with Gasteiger partial charge in [0.05, 0.1) is 18.4 Å². The molecule has 0 aliphatic heterocycles. The minimum atomic E-state index is 0. The van der Waals surface area contributed by atoms with Crippen LogP contribution in [-0.2, 0) is 13.1 Å². The maximum absolute atomic E-state index is 4.40. The summed E-state index contributed by atoms with van der Waals surface area (Å²) in [7, 11) is 1.78. The average Bonchev–Trinajstić information content (AvgIpc) is 3.25. The van der Waals surface area contributed by atoms with E-state index in [4.69, 9.17) is 0 Å². The molecule has 5 nitrogen and oxygen atoms in total. The summed E-state index contributed by atoms with van der Waals surface area (Å²) in [6.07, 6.45) is 3.90. The third-order valence-corrected chi connectivity index (χ3v) is 4.57. The molecule has 7 heteroatoms. The molecule has 25 heavy (non-hydrogen) atoms. The number of aryl methyl sites for hydroxylation is 1. The quantitative estimate of drug-likeness (QED) is 0.342. The lowest BCUT2D eigenvalue weighted by Gasteiger charge is -2.10. The number of thiophene rings is 1. The van der Waals surface area contributed by atoms with Crippen LogP contribution in [0.1, 0.15) is 15.3 Å². The SMILES string of the molecule is CN=C(NCc1cnn(-c2ccccc2)c1)NCc1ccc(C)s1.I. The molecule has 0 amide bonds. The van der Waals surface area contributed by atoms with Crippen molar-refractivity contribution in [1.82, 2.24) is 20.4 Å². The Bertz CT molecular complexity index is 810. The molecule has 3 rings (SSSR count). The number of guanidine groups is 1. The fourth-order valence-corrected chi connectivity index (χ4v) is 3.16. The van der Waals surface area contributed by atoms with Gasteiger partial charge >= 0.3 is 0 Å². The molecule has 0 bridgehead atoms. The maximum Gasteiger partial charge on any atom is 0.191 e. The lowest BCUT2D eigenvalue weighted by molar-refractivity contribution is 0.814. The third-order valence-electron chi connectivity index (χ3n) is 3.57. The number of para-hydroxylation sites is 1. The molecule has 0 aliphatic carbocycles. The lowest BCUT2D eigenvalue weighted by atomic mass is 10.3. The van der Waals surface area contributed by atoms with Crippen molar-refractivity contribution in [3.63, 3.8) is 0 Å². The Balaban J connectivity index is 0.00000225. The lowest BCUT2D eigenvalue weighted by Crippen LogP contribution is -2.36. The number of hydrogen-bond donors (Lipinski definition) is 2. The van der Waals surface area contributed by atoms with Crippen LogP contribution in [0.25, 0.3) is 5.69 Å². The molecule has 2 heterocycles. The Morgan fingerprint density at radius 1 is 1.12 bits per heavy atom. The zero-order valence-electron chi connectivity index (χ0n) is 14.3. The fraction of sp³-hybridized carbons (Fsp3) is 0.222. The fourth-order valence-electron chi connectivity index (χ4n) is 2.33. The minimum absolute atomic E-state index is 0. The van der Waals surface area contributed by atoms with E-state index in [0.29, 0.717) is 6.54 Å². The van der Waals surface area contributed by atoms with E-state index in [2.05, 4.69) is 39.8 Å². The maximum atomic E-state index is 4.40. The van der Waals surface area contributed by atoms with Gasteiger partial charge in [0.15, 0.2) is 5.96 Å². The highest BCUT2D eigenvalue weighted by Crippen LogP contribution is 2.14. The molecule has 1 aromatic carbocycles. The number of aromatic nitrogens is 2. The highest BCUT2D eigenvalue weighted by Gasteiger charge is 2.03. The summed E-state index contributed by atoms with van der Waals surface area (Å²) in [6, 6.07) is 14.4. The average molecular weight is 467 g/mol. The Hall–Kier alpha value is -1.87. The Morgan fingerprint density at radius 2 is 1.88 bits per heavy atom. The summed E-state index contributed by atoms with van der Waals surface area (Å²) in [5.74, 6) is 0.786. The van der Waals surface area contributed by atoms with Crippen LogP contribution >= 0.6 is 35.3 Å². The predicted molar refractivity (Wildman–Crippen MR) is 115 cm³/mol. The van der Waals surface area contributed by atoms with Gasteiger partial charge in [-0.1, -0.05) is 18.2 Å². The molecular weight excluding hydrogens is 445 g/mol. The number of nitrogens with one attached hydrogen (secondary N) is 2. The summed E-state index contributed by atoms with van der Waals surface area (Å²) in [5, 5.41) is 11.1. The second-order valence-corrected chi connectivity index (χ2v) is 6.79. The molecule has 0 saturated carbocycles. The van der Waals surface area contributed by atoms with Gasteiger partial charge < -0.3 is 10.6 Å². The highest BCUT2D eigenvalue weighted by atomic mass is 127. The van der Waals surface area contributed by atoms with Gasteiger partial charge in [0, 0.05) is 35.1 Å². The van der Waals surface area contributed by atoms with Crippen molar-refractivity contribution in [2.75, 3.05) is 7.05 Å². The number of halogens is 1. The van der Waals surface area contributed by atoms with Gasteiger partial charge in [0.1, 0.15) is 0 Å². The number of nitrogens with zero attached hydrogens (tertiary/aromatic N) is 3. The largest absolute Gasteiger partial charge is 0.352 e. The Labute approximate surface area is 169 Å². The minimum Gasteiger partial charge on any atom is -0.352 e. The van der Waals surface area contributed by atoms with Crippen molar-refractivity contribution in [2.24, 2.45) is 4.99 Å². The Morgan fingerprint density at radius 3 is 2.56 bits per heavy atom. The smallest absolute Gasteiger partial charge is 0.191 e.